The Hall–Kier alpha value is -1.26. The molecular formula is C16H25ClN2O2. The highest BCUT2D eigenvalue weighted by atomic mass is 35.5. The number of carbonyl (C=O) groups is 1. The van der Waals surface area contributed by atoms with Gasteiger partial charge in [-0.1, -0.05) is 12.1 Å². The molecule has 1 amide bonds. The van der Waals surface area contributed by atoms with E-state index in [4.69, 9.17) is 4.74 Å². The van der Waals surface area contributed by atoms with E-state index in [2.05, 4.69) is 10.6 Å². The Morgan fingerprint density at radius 1 is 1.43 bits per heavy atom. The molecule has 21 heavy (non-hydrogen) atoms. The second-order valence-electron chi connectivity index (χ2n) is 5.56. The molecule has 0 saturated carbocycles. The van der Waals surface area contributed by atoms with E-state index in [-0.39, 0.29) is 30.3 Å². The fraction of sp³-hybridized carbons (Fsp3) is 0.562. The Morgan fingerprint density at radius 2 is 2.14 bits per heavy atom. The molecule has 4 nitrogen and oxygen atoms in total. The van der Waals surface area contributed by atoms with Crippen LogP contribution in [-0.2, 0) is 4.79 Å². The van der Waals surface area contributed by atoms with E-state index in [1.807, 2.05) is 38.1 Å². The first-order valence-electron chi connectivity index (χ1n) is 7.35. The summed E-state index contributed by atoms with van der Waals surface area (Å²) in [5.41, 5.74) is 1.17. The summed E-state index contributed by atoms with van der Waals surface area (Å²) in [5, 5.41) is 6.31. The minimum Gasteiger partial charge on any atom is -0.491 e. The molecule has 1 aromatic rings. The average molecular weight is 313 g/mol. The van der Waals surface area contributed by atoms with Gasteiger partial charge in [-0.05, 0) is 57.5 Å². The number of amides is 1. The number of halogens is 1. The van der Waals surface area contributed by atoms with Crippen LogP contribution in [0.3, 0.4) is 0 Å². The number of nitrogens with one attached hydrogen (secondary N) is 2. The molecule has 0 bridgehead atoms. The molecule has 1 aliphatic heterocycles. The molecule has 5 heteroatoms. The van der Waals surface area contributed by atoms with Crippen molar-refractivity contribution in [3.63, 3.8) is 0 Å². The van der Waals surface area contributed by atoms with Gasteiger partial charge in [0.1, 0.15) is 12.4 Å². The van der Waals surface area contributed by atoms with E-state index in [0.717, 1.165) is 31.7 Å². The summed E-state index contributed by atoms with van der Waals surface area (Å²) in [6, 6.07) is 7.98. The summed E-state index contributed by atoms with van der Waals surface area (Å²) < 4.78 is 5.71. The van der Waals surface area contributed by atoms with Gasteiger partial charge in [0.05, 0.1) is 6.04 Å². The molecule has 1 heterocycles. The van der Waals surface area contributed by atoms with Crippen LogP contribution in [0.25, 0.3) is 0 Å². The van der Waals surface area contributed by atoms with Crippen molar-refractivity contribution in [1.82, 2.24) is 10.6 Å². The number of ether oxygens (including phenoxy) is 1. The van der Waals surface area contributed by atoms with E-state index in [0.29, 0.717) is 6.61 Å². The fourth-order valence-corrected chi connectivity index (χ4v) is 2.41. The van der Waals surface area contributed by atoms with Gasteiger partial charge < -0.3 is 15.4 Å². The second kappa shape index (κ2) is 8.90. The molecule has 0 spiro atoms. The number of hydrogen-bond acceptors (Lipinski definition) is 3. The summed E-state index contributed by atoms with van der Waals surface area (Å²) in [7, 11) is 0. The summed E-state index contributed by atoms with van der Waals surface area (Å²) in [6.07, 6.45) is 1.86. The predicted octanol–water partition coefficient (Wildman–Crippen LogP) is 2.30. The van der Waals surface area contributed by atoms with E-state index < -0.39 is 0 Å². The lowest BCUT2D eigenvalue weighted by Gasteiger charge is -2.24. The van der Waals surface area contributed by atoms with Crippen molar-refractivity contribution in [3.8, 4) is 5.75 Å². The van der Waals surface area contributed by atoms with Crippen LogP contribution in [0.1, 0.15) is 25.3 Å². The zero-order valence-electron chi connectivity index (χ0n) is 12.7. The SMILES string of the molecule is Cc1cccc(OCC(C)NC(=O)C2CCNCC2)c1.Cl. The molecule has 0 aromatic heterocycles. The minimum absolute atomic E-state index is 0. The molecule has 118 valence electrons. The van der Waals surface area contributed by atoms with Crippen molar-refractivity contribution in [2.75, 3.05) is 19.7 Å². The van der Waals surface area contributed by atoms with Gasteiger partial charge in [-0.15, -0.1) is 12.4 Å². The number of hydrogen-bond donors (Lipinski definition) is 2. The van der Waals surface area contributed by atoms with Crippen molar-refractivity contribution < 1.29 is 9.53 Å². The van der Waals surface area contributed by atoms with Crippen LogP contribution in [-0.4, -0.2) is 31.6 Å². The molecule has 0 aliphatic carbocycles. The van der Waals surface area contributed by atoms with Gasteiger partial charge in [0.2, 0.25) is 5.91 Å². The van der Waals surface area contributed by atoms with Crippen molar-refractivity contribution in [1.29, 1.82) is 0 Å². The Kier molecular flexibility index (Phi) is 7.54. The second-order valence-corrected chi connectivity index (χ2v) is 5.56. The van der Waals surface area contributed by atoms with E-state index in [1.165, 1.54) is 5.56 Å². The maximum Gasteiger partial charge on any atom is 0.223 e. The first-order valence-corrected chi connectivity index (χ1v) is 7.35. The van der Waals surface area contributed by atoms with Crippen LogP contribution < -0.4 is 15.4 Å². The van der Waals surface area contributed by atoms with Gasteiger partial charge in [0, 0.05) is 5.92 Å². The highest BCUT2D eigenvalue weighted by molar-refractivity contribution is 5.85. The number of carbonyl (C=O) groups excluding carboxylic acids is 1. The zero-order chi connectivity index (χ0) is 14.4. The molecule has 1 atom stereocenters. The van der Waals surface area contributed by atoms with Crippen molar-refractivity contribution in [2.24, 2.45) is 5.92 Å². The van der Waals surface area contributed by atoms with Crippen molar-refractivity contribution in [2.45, 2.75) is 32.7 Å². The fourth-order valence-electron chi connectivity index (χ4n) is 2.41. The number of rotatable bonds is 5. The highest BCUT2D eigenvalue weighted by Gasteiger charge is 2.21. The van der Waals surface area contributed by atoms with Crippen molar-refractivity contribution in [3.05, 3.63) is 29.8 Å². The molecule has 1 aliphatic rings. The lowest BCUT2D eigenvalue weighted by atomic mass is 9.97. The van der Waals surface area contributed by atoms with Crippen LogP contribution in [0.4, 0.5) is 0 Å². The monoisotopic (exact) mass is 312 g/mol. The molecule has 2 N–H and O–H groups in total. The van der Waals surface area contributed by atoms with E-state index in [1.54, 1.807) is 0 Å². The van der Waals surface area contributed by atoms with Crippen LogP contribution in [0, 0.1) is 12.8 Å². The third kappa shape index (κ3) is 5.94. The first-order chi connectivity index (χ1) is 9.65. The van der Waals surface area contributed by atoms with Crippen LogP contribution in [0.15, 0.2) is 24.3 Å². The maximum absolute atomic E-state index is 12.1. The normalized spacial score (nSPS) is 16.7. The lowest BCUT2D eigenvalue weighted by Crippen LogP contribution is -2.43. The summed E-state index contributed by atoms with van der Waals surface area (Å²) >= 11 is 0. The highest BCUT2D eigenvalue weighted by Crippen LogP contribution is 2.14. The molecule has 1 unspecified atom stereocenters. The average Bonchev–Trinajstić information content (AvgIpc) is 2.46. The van der Waals surface area contributed by atoms with Gasteiger partial charge in [0.15, 0.2) is 0 Å². The molecule has 1 fully saturated rings. The van der Waals surface area contributed by atoms with Gasteiger partial charge in [-0.3, -0.25) is 4.79 Å². The summed E-state index contributed by atoms with van der Waals surface area (Å²) in [4.78, 5) is 12.1. The van der Waals surface area contributed by atoms with E-state index in [9.17, 15) is 4.79 Å². The van der Waals surface area contributed by atoms with Gasteiger partial charge in [-0.2, -0.15) is 0 Å². The summed E-state index contributed by atoms with van der Waals surface area (Å²) in [6.45, 7) is 6.39. The largest absolute Gasteiger partial charge is 0.491 e. The maximum atomic E-state index is 12.1. The Bertz CT molecular complexity index is 448. The van der Waals surface area contributed by atoms with Crippen LogP contribution in [0.2, 0.25) is 0 Å². The number of piperidine rings is 1. The molecular weight excluding hydrogens is 288 g/mol. The van der Waals surface area contributed by atoms with E-state index >= 15 is 0 Å². The van der Waals surface area contributed by atoms with Crippen molar-refractivity contribution >= 4 is 18.3 Å². The quantitative estimate of drug-likeness (QED) is 0.877. The smallest absolute Gasteiger partial charge is 0.223 e. The molecule has 1 aromatic carbocycles. The standard InChI is InChI=1S/C16H24N2O2.ClH/c1-12-4-3-5-15(10-12)20-11-13(2)18-16(19)14-6-8-17-9-7-14;/h3-5,10,13-14,17H,6-9,11H2,1-2H3,(H,18,19);1H. The number of benzene rings is 1. The molecule has 1 saturated heterocycles. The lowest BCUT2D eigenvalue weighted by molar-refractivity contribution is -0.126. The third-order valence-corrected chi connectivity index (χ3v) is 3.59. The zero-order valence-corrected chi connectivity index (χ0v) is 13.5. The third-order valence-electron chi connectivity index (χ3n) is 3.59. The summed E-state index contributed by atoms with van der Waals surface area (Å²) in [5.74, 6) is 1.16. The molecule has 2 rings (SSSR count). The van der Waals surface area contributed by atoms with Gasteiger partial charge in [-0.25, -0.2) is 0 Å². The molecule has 0 radical (unpaired) electrons. The topological polar surface area (TPSA) is 50.4 Å². The predicted molar refractivity (Wildman–Crippen MR) is 87.1 cm³/mol. The van der Waals surface area contributed by atoms with Gasteiger partial charge in [0.25, 0.3) is 0 Å². The number of aryl methyl sites for hydroxylation is 1. The van der Waals surface area contributed by atoms with Crippen LogP contribution >= 0.6 is 12.4 Å². The Balaban J connectivity index is 0.00000220. The Morgan fingerprint density at radius 3 is 2.81 bits per heavy atom. The van der Waals surface area contributed by atoms with Crippen LogP contribution in [0.5, 0.6) is 5.75 Å². The Labute approximate surface area is 133 Å². The van der Waals surface area contributed by atoms with Gasteiger partial charge >= 0.3 is 0 Å². The first kappa shape index (κ1) is 17.8. The minimum atomic E-state index is 0.